The van der Waals surface area contributed by atoms with Crippen LogP contribution in [0.25, 0.3) is 0 Å². The molecule has 35 heavy (non-hydrogen) atoms. The topological polar surface area (TPSA) is 114 Å². The molecule has 1 aromatic heterocycles. The molecule has 0 saturated heterocycles. The third-order valence-electron chi connectivity index (χ3n) is 4.63. The molecule has 0 radical (unpaired) electrons. The van der Waals surface area contributed by atoms with E-state index in [-0.39, 0.29) is 16.3 Å². The Balaban J connectivity index is 2.11. The van der Waals surface area contributed by atoms with Crippen LogP contribution in [0.2, 0.25) is 0 Å². The van der Waals surface area contributed by atoms with E-state index in [2.05, 4.69) is 15.5 Å². The Kier molecular flexibility index (Phi) is 6.96. The van der Waals surface area contributed by atoms with Crippen molar-refractivity contribution in [3.8, 4) is 17.4 Å². The summed E-state index contributed by atoms with van der Waals surface area (Å²) in [4.78, 5) is 13.1. The van der Waals surface area contributed by atoms with Crippen molar-refractivity contribution in [2.24, 2.45) is 0 Å². The third-order valence-corrected chi connectivity index (χ3v) is 5.78. The van der Waals surface area contributed by atoms with E-state index in [4.69, 9.17) is 14.3 Å². The summed E-state index contributed by atoms with van der Waals surface area (Å²) >= 11 is 0. The first-order chi connectivity index (χ1) is 16.2. The van der Waals surface area contributed by atoms with E-state index in [9.17, 15) is 31.0 Å². The molecule has 0 aliphatic heterocycles. The summed E-state index contributed by atoms with van der Waals surface area (Å²) in [7, 11) is -2.00. The summed E-state index contributed by atoms with van der Waals surface area (Å²) < 4.78 is 98.4. The van der Waals surface area contributed by atoms with Crippen molar-refractivity contribution in [2.75, 3.05) is 18.7 Å². The highest BCUT2D eigenvalue weighted by molar-refractivity contribution is 7.91. The zero-order chi connectivity index (χ0) is 26.1. The Bertz CT molecular complexity index is 1390. The van der Waals surface area contributed by atoms with Gasteiger partial charge in [0.1, 0.15) is 11.3 Å². The number of halogens is 5. The first-order valence-electron chi connectivity index (χ1n) is 9.53. The van der Waals surface area contributed by atoms with Crippen molar-refractivity contribution in [1.29, 1.82) is 4.78 Å². The SMILES string of the molecule is COc1cc(F)c(Oc2nnc(C(F)(F)F)c(C)c2C(=O)Nc2cccc(S(C)(=N)=O)c2)c(F)c1. The number of aromatic nitrogens is 2. The molecule has 0 aliphatic carbocycles. The summed E-state index contributed by atoms with van der Waals surface area (Å²) in [6, 6.07) is 6.81. The van der Waals surface area contributed by atoms with Crippen LogP contribution < -0.4 is 14.8 Å². The smallest absolute Gasteiger partial charge is 0.435 e. The number of hydrogen-bond acceptors (Lipinski definition) is 7. The van der Waals surface area contributed by atoms with Crippen LogP contribution >= 0.6 is 0 Å². The number of carbonyl (C=O) groups excluding carboxylic acids is 1. The monoisotopic (exact) mass is 516 g/mol. The number of nitrogens with one attached hydrogen (secondary N) is 2. The van der Waals surface area contributed by atoms with Gasteiger partial charge in [0.15, 0.2) is 17.3 Å². The van der Waals surface area contributed by atoms with E-state index in [0.717, 1.165) is 32.4 Å². The van der Waals surface area contributed by atoms with E-state index in [0.29, 0.717) is 0 Å². The quantitative estimate of drug-likeness (QED) is 0.437. The average Bonchev–Trinajstić information content (AvgIpc) is 2.74. The molecule has 186 valence electrons. The molecule has 2 aromatic carbocycles. The van der Waals surface area contributed by atoms with Crippen LogP contribution in [0.4, 0.5) is 27.6 Å². The van der Waals surface area contributed by atoms with Gasteiger partial charge in [-0.2, -0.15) is 13.2 Å². The molecular weight excluding hydrogens is 499 g/mol. The number of methoxy groups -OCH3 is 1. The first-order valence-corrected chi connectivity index (χ1v) is 11.5. The van der Waals surface area contributed by atoms with Crippen LogP contribution in [-0.4, -0.2) is 33.7 Å². The fourth-order valence-electron chi connectivity index (χ4n) is 2.97. The summed E-state index contributed by atoms with van der Waals surface area (Å²) in [5, 5.41) is 8.57. The van der Waals surface area contributed by atoms with Gasteiger partial charge in [0.2, 0.25) is 5.75 Å². The van der Waals surface area contributed by atoms with E-state index >= 15 is 0 Å². The Morgan fingerprint density at radius 1 is 1.11 bits per heavy atom. The van der Waals surface area contributed by atoms with Gasteiger partial charge in [-0.3, -0.25) is 4.79 Å². The lowest BCUT2D eigenvalue weighted by molar-refractivity contribution is -0.142. The van der Waals surface area contributed by atoms with Gasteiger partial charge < -0.3 is 14.8 Å². The third kappa shape index (κ3) is 5.65. The number of benzene rings is 2. The van der Waals surface area contributed by atoms with Crippen molar-refractivity contribution in [3.63, 3.8) is 0 Å². The Morgan fingerprint density at radius 3 is 2.29 bits per heavy atom. The minimum atomic E-state index is -5.00. The van der Waals surface area contributed by atoms with Crippen LogP contribution in [0.5, 0.6) is 17.4 Å². The van der Waals surface area contributed by atoms with Gasteiger partial charge in [0.05, 0.1) is 16.8 Å². The molecule has 0 aliphatic rings. The van der Waals surface area contributed by atoms with Gasteiger partial charge in [0, 0.05) is 29.0 Å². The zero-order valence-electron chi connectivity index (χ0n) is 18.3. The van der Waals surface area contributed by atoms with Crippen molar-refractivity contribution in [3.05, 3.63) is 64.9 Å². The van der Waals surface area contributed by atoms with Gasteiger partial charge >= 0.3 is 6.18 Å². The Hall–Kier alpha value is -3.81. The van der Waals surface area contributed by atoms with Crippen LogP contribution in [0.1, 0.15) is 21.6 Å². The number of amides is 1. The van der Waals surface area contributed by atoms with Gasteiger partial charge in [-0.25, -0.2) is 17.8 Å². The number of alkyl halides is 3. The summed E-state index contributed by atoms with van der Waals surface area (Å²) in [5.74, 6) is -5.86. The average molecular weight is 516 g/mol. The molecule has 1 heterocycles. The Labute approximate surface area is 196 Å². The standard InChI is InChI=1S/C21H17F5N4O4S/c1-10-16(19(31)28-11-5-4-6-13(7-11)35(3,27)32)20(30-29-18(10)21(24,25)26)34-17-14(22)8-12(33-2)9-15(17)23/h4-9,27H,1-3H3,(H,28,31). The lowest BCUT2D eigenvalue weighted by Crippen LogP contribution is -2.21. The van der Waals surface area contributed by atoms with Crippen LogP contribution in [0.3, 0.4) is 0 Å². The van der Waals surface area contributed by atoms with Crippen LogP contribution in [0, 0.1) is 23.3 Å². The van der Waals surface area contributed by atoms with Gasteiger partial charge in [-0.1, -0.05) is 6.07 Å². The number of nitrogens with zero attached hydrogens (tertiary/aromatic N) is 2. The molecule has 0 saturated carbocycles. The van der Waals surface area contributed by atoms with Crippen molar-refractivity contribution in [1.82, 2.24) is 10.2 Å². The van der Waals surface area contributed by atoms with Crippen LogP contribution in [-0.2, 0) is 15.9 Å². The van der Waals surface area contributed by atoms with Gasteiger partial charge in [-0.15, -0.1) is 10.2 Å². The lowest BCUT2D eigenvalue weighted by Gasteiger charge is -2.16. The molecule has 0 spiro atoms. The van der Waals surface area contributed by atoms with E-state index in [1.807, 2.05) is 0 Å². The maximum atomic E-state index is 14.4. The molecule has 0 bridgehead atoms. The van der Waals surface area contributed by atoms with Gasteiger partial charge in [-0.05, 0) is 30.7 Å². The summed E-state index contributed by atoms with van der Waals surface area (Å²) in [5.41, 5.74) is -3.03. The van der Waals surface area contributed by atoms with E-state index in [1.54, 1.807) is 0 Å². The highest BCUT2D eigenvalue weighted by Crippen LogP contribution is 2.37. The molecule has 1 amide bonds. The predicted octanol–water partition coefficient (Wildman–Crippen LogP) is 5.17. The molecule has 0 fully saturated rings. The van der Waals surface area contributed by atoms with Crippen LogP contribution in [0.15, 0.2) is 41.3 Å². The molecule has 1 atom stereocenters. The fourth-order valence-corrected chi connectivity index (χ4v) is 3.66. The highest BCUT2D eigenvalue weighted by atomic mass is 32.2. The molecule has 2 N–H and O–H groups in total. The lowest BCUT2D eigenvalue weighted by atomic mass is 10.1. The number of ether oxygens (including phenoxy) is 2. The number of carbonyl (C=O) groups is 1. The number of anilines is 1. The van der Waals surface area contributed by atoms with Crippen molar-refractivity contribution < 1.29 is 40.4 Å². The van der Waals surface area contributed by atoms with Gasteiger partial charge in [0.25, 0.3) is 11.8 Å². The maximum absolute atomic E-state index is 14.4. The minimum Gasteiger partial charge on any atom is -0.497 e. The number of hydrogen-bond donors (Lipinski definition) is 2. The van der Waals surface area contributed by atoms with E-state index < -0.39 is 61.9 Å². The minimum absolute atomic E-state index is 0.00754. The summed E-state index contributed by atoms with van der Waals surface area (Å²) in [6.07, 6.45) is -3.86. The number of rotatable bonds is 6. The second-order valence-corrected chi connectivity index (χ2v) is 9.36. The largest absolute Gasteiger partial charge is 0.497 e. The fraction of sp³-hybridized carbons (Fsp3) is 0.190. The highest BCUT2D eigenvalue weighted by Gasteiger charge is 2.38. The normalized spacial score (nSPS) is 13.1. The maximum Gasteiger partial charge on any atom is 0.435 e. The first kappa shape index (κ1) is 25.8. The molecule has 8 nitrogen and oxygen atoms in total. The second kappa shape index (κ2) is 9.44. The van der Waals surface area contributed by atoms with E-state index in [1.165, 1.54) is 24.3 Å². The molecule has 3 rings (SSSR count). The summed E-state index contributed by atoms with van der Waals surface area (Å²) in [6.45, 7) is 0.916. The molecule has 14 heteroatoms. The zero-order valence-corrected chi connectivity index (χ0v) is 19.1. The molecule has 1 unspecified atom stereocenters. The molecule has 3 aromatic rings. The molecular formula is C21H17F5N4O4S. The second-order valence-electron chi connectivity index (χ2n) is 7.20. The van der Waals surface area contributed by atoms with Crippen molar-refractivity contribution in [2.45, 2.75) is 18.0 Å². The Morgan fingerprint density at radius 2 is 1.74 bits per heavy atom. The predicted molar refractivity (Wildman–Crippen MR) is 114 cm³/mol. The van der Waals surface area contributed by atoms with Crippen molar-refractivity contribution >= 4 is 21.3 Å².